The van der Waals surface area contributed by atoms with Crippen LogP contribution in [0.1, 0.15) is 43.5 Å². The van der Waals surface area contributed by atoms with E-state index in [1.807, 2.05) is 23.1 Å². The molecule has 1 fully saturated rings. The zero-order chi connectivity index (χ0) is 14.2. The minimum Gasteiger partial charge on any atom is -0.345 e. The maximum Gasteiger partial charge on any atom is 0.253 e. The number of nitrogens with one attached hydrogen (secondary N) is 1. The summed E-state index contributed by atoms with van der Waals surface area (Å²) in [6, 6.07) is 5.69. The summed E-state index contributed by atoms with van der Waals surface area (Å²) in [6.07, 6.45) is 5.08. The average molecular weight is 271 g/mol. The molecule has 1 aromatic heterocycles. The molecule has 1 saturated heterocycles. The highest BCUT2D eigenvalue weighted by Crippen LogP contribution is 2.37. The first-order chi connectivity index (χ1) is 9.67. The Bertz CT molecular complexity index is 627. The molecular formula is C16H21N3O. The highest BCUT2D eigenvalue weighted by molar-refractivity contribution is 5.97. The number of benzene rings is 1. The van der Waals surface area contributed by atoms with Crippen LogP contribution in [-0.2, 0) is 0 Å². The third kappa shape index (κ3) is 2.09. The van der Waals surface area contributed by atoms with Crippen LogP contribution in [0.15, 0.2) is 24.5 Å². The smallest absolute Gasteiger partial charge is 0.253 e. The molecular weight excluding hydrogens is 250 g/mol. The number of carbonyl (C=O) groups excluding carboxylic acids is 1. The van der Waals surface area contributed by atoms with Crippen LogP contribution in [0.4, 0.5) is 0 Å². The van der Waals surface area contributed by atoms with Crippen molar-refractivity contribution in [3.63, 3.8) is 0 Å². The Balaban J connectivity index is 1.82. The van der Waals surface area contributed by atoms with Gasteiger partial charge in [-0.05, 0) is 42.9 Å². The molecule has 2 heterocycles. The van der Waals surface area contributed by atoms with Gasteiger partial charge in [0, 0.05) is 18.7 Å². The number of rotatable bonds is 3. The van der Waals surface area contributed by atoms with Crippen molar-refractivity contribution in [2.45, 2.75) is 33.1 Å². The van der Waals surface area contributed by atoms with Crippen molar-refractivity contribution in [1.29, 1.82) is 0 Å². The van der Waals surface area contributed by atoms with E-state index >= 15 is 0 Å². The summed E-state index contributed by atoms with van der Waals surface area (Å²) in [6.45, 7) is 6.23. The van der Waals surface area contributed by atoms with Gasteiger partial charge >= 0.3 is 0 Å². The average Bonchev–Trinajstić information content (AvgIpc) is 3.13. The maximum absolute atomic E-state index is 12.6. The van der Waals surface area contributed by atoms with E-state index in [1.54, 1.807) is 6.33 Å². The Labute approximate surface area is 119 Å². The number of aromatic nitrogens is 2. The van der Waals surface area contributed by atoms with E-state index in [9.17, 15) is 4.79 Å². The monoisotopic (exact) mass is 271 g/mol. The van der Waals surface area contributed by atoms with Gasteiger partial charge in [0.1, 0.15) is 0 Å². The Morgan fingerprint density at radius 2 is 2.20 bits per heavy atom. The minimum absolute atomic E-state index is 0.144. The lowest BCUT2D eigenvalue weighted by Crippen LogP contribution is -2.31. The van der Waals surface area contributed by atoms with Gasteiger partial charge in [0.25, 0.3) is 5.91 Å². The van der Waals surface area contributed by atoms with Crippen molar-refractivity contribution in [3.8, 4) is 0 Å². The molecule has 0 spiro atoms. The third-order valence-electron chi connectivity index (χ3n) is 4.89. The summed E-state index contributed by atoms with van der Waals surface area (Å²) < 4.78 is 0. The summed E-state index contributed by atoms with van der Waals surface area (Å²) >= 11 is 0. The summed E-state index contributed by atoms with van der Waals surface area (Å²) in [5.74, 6) is 0.144. The van der Waals surface area contributed by atoms with Crippen molar-refractivity contribution in [3.05, 3.63) is 30.1 Å². The van der Waals surface area contributed by atoms with Crippen LogP contribution in [0.3, 0.4) is 0 Å². The molecule has 0 unspecified atom stereocenters. The lowest BCUT2D eigenvalue weighted by molar-refractivity contribution is 0.0770. The molecule has 106 valence electrons. The number of hydrogen-bond donors (Lipinski definition) is 1. The first-order valence-electron chi connectivity index (χ1n) is 7.40. The fourth-order valence-electron chi connectivity index (χ4n) is 3.19. The molecule has 0 aliphatic carbocycles. The number of amides is 1. The molecule has 1 amide bonds. The topological polar surface area (TPSA) is 49.0 Å². The van der Waals surface area contributed by atoms with Gasteiger partial charge in [-0.2, -0.15) is 0 Å². The lowest BCUT2D eigenvalue weighted by atomic mass is 9.82. The van der Waals surface area contributed by atoms with Gasteiger partial charge in [0.15, 0.2) is 0 Å². The van der Waals surface area contributed by atoms with E-state index in [1.165, 1.54) is 0 Å². The van der Waals surface area contributed by atoms with Crippen LogP contribution in [0.25, 0.3) is 11.0 Å². The number of aromatic amines is 1. The normalized spacial score (nSPS) is 17.8. The Hall–Kier alpha value is -1.84. The zero-order valence-corrected chi connectivity index (χ0v) is 12.1. The van der Waals surface area contributed by atoms with Gasteiger partial charge in [-0.25, -0.2) is 4.98 Å². The highest BCUT2D eigenvalue weighted by atomic mass is 16.2. The third-order valence-corrected chi connectivity index (χ3v) is 4.89. The highest BCUT2D eigenvalue weighted by Gasteiger charge is 2.37. The molecule has 4 nitrogen and oxygen atoms in total. The number of likely N-dealkylation sites (tertiary alicyclic amines) is 1. The van der Waals surface area contributed by atoms with E-state index in [0.717, 1.165) is 48.9 Å². The fraction of sp³-hybridized carbons (Fsp3) is 0.500. The zero-order valence-electron chi connectivity index (χ0n) is 12.1. The van der Waals surface area contributed by atoms with Gasteiger partial charge in [-0.15, -0.1) is 0 Å². The van der Waals surface area contributed by atoms with Crippen LogP contribution < -0.4 is 0 Å². The number of hydrogen-bond acceptors (Lipinski definition) is 2. The quantitative estimate of drug-likeness (QED) is 0.931. The molecule has 2 aromatic rings. The Morgan fingerprint density at radius 1 is 1.40 bits per heavy atom. The van der Waals surface area contributed by atoms with E-state index in [0.29, 0.717) is 5.41 Å². The summed E-state index contributed by atoms with van der Waals surface area (Å²) in [5, 5.41) is 0. The predicted molar refractivity (Wildman–Crippen MR) is 79.6 cm³/mol. The molecule has 20 heavy (non-hydrogen) atoms. The molecule has 0 atom stereocenters. The van der Waals surface area contributed by atoms with Gasteiger partial charge in [-0.3, -0.25) is 4.79 Å². The fourth-order valence-corrected chi connectivity index (χ4v) is 3.19. The maximum atomic E-state index is 12.6. The van der Waals surface area contributed by atoms with Crippen LogP contribution in [0.5, 0.6) is 0 Å². The number of H-pyrrole nitrogens is 1. The van der Waals surface area contributed by atoms with Crippen LogP contribution in [-0.4, -0.2) is 33.9 Å². The van der Waals surface area contributed by atoms with Crippen molar-refractivity contribution < 1.29 is 4.79 Å². The van der Waals surface area contributed by atoms with Crippen LogP contribution >= 0.6 is 0 Å². The number of carbonyl (C=O) groups is 1. The standard InChI is InChI=1S/C16H21N3O/c1-3-16(4-2)7-8-19(10-16)15(20)12-5-6-13-14(9-12)18-11-17-13/h5-6,9,11H,3-4,7-8,10H2,1-2H3,(H,17,18). The van der Waals surface area contributed by atoms with E-state index < -0.39 is 0 Å². The molecule has 0 radical (unpaired) electrons. The largest absolute Gasteiger partial charge is 0.345 e. The van der Waals surface area contributed by atoms with E-state index in [-0.39, 0.29) is 5.91 Å². The molecule has 1 aliphatic rings. The van der Waals surface area contributed by atoms with Gasteiger partial charge in [0.2, 0.25) is 0 Å². The Kier molecular flexibility index (Phi) is 3.24. The van der Waals surface area contributed by atoms with E-state index in [2.05, 4.69) is 23.8 Å². The second-order valence-electron chi connectivity index (χ2n) is 5.82. The number of imidazole rings is 1. The van der Waals surface area contributed by atoms with Crippen LogP contribution in [0.2, 0.25) is 0 Å². The number of fused-ring (bicyclic) bond motifs is 1. The summed E-state index contributed by atoms with van der Waals surface area (Å²) in [7, 11) is 0. The van der Waals surface area contributed by atoms with Crippen molar-refractivity contribution in [2.75, 3.05) is 13.1 Å². The van der Waals surface area contributed by atoms with Gasteiger partial charge in [-0.1, -0.05) is 13.8 Å². The van der Waals surface area contributed by atoms with Gasteiger partial charge in [0.05, 0.1) is 17.4 Å². The summed E-state index contributed by atoms with van der Waals surface area (Å²) in [5.41, 5.74) is 2.91. The first kappa shape index (κ1) is 13.2. The Morgan fingerprint density at radius 3 is 2.90 bits per heavy atom. The molecule has 1 aromatic carbocycles. The second kappa shape index (κ2) is 4.93. The van der Waals surface area contributed by atoms with Gasteiger partial charge < -0.3 is 9.88 Å². The van der Waals surface area contributed by atoms with Crippen molar-refractivity contribution >= 4 is 16.9 Å². The molecule has 4 heteroatoms. The second-order valence-corrected chi connectivity index (χ2v) is 5.82. The SMILES string of the molecule is CCC1(CC)CCN(C(=O)c2ccc3nc[nH]c3c2)C1. The van der Waals surface area contributed by atoms with Crippen molar-refractivity contribution in [1.82, 2.24) is 14.9 Å². The molecule has 0 saturated carbocycles. The molecule has 1 aliphatic heterocycles. The molecule has 3 rings (SSSR count). The van der Waals surface area contributed by atoms with Crippen LogP contribution in [0, 0.1) is 5.41 Å². The van der Waals surface area contributed by atoms with Crippen molar-refractivity contribution in [2.24, 2.45) is 5.41 Å². The number of nitrogens with zero attached hydrogens (tertiary/aromatic N) is 2. The minimum atomic E-state index is 0.144. The molecule has 0 bridgehead atoms. The first-order valence-corrected chi connectivity index (χ1v) is 7.40. The summed E-state index contributed by atoms with van der Waals surface area (Å²) in [4.78, 5) is 21.9. The molecule has 1 N–H and O–H groups in total. The van der Waals surface area contributed by atoms with E-state index in [4.69, 9.17) is 0 Å². The predicted octanol–water partition coefficient (Wildman–Crippen LogP) is 3.22. The lowest BCUT2D eigenvalue weighted by Gasteiger charge is -2.26.